The number of carbonyl (C=O) groups excluding carboxylic acids is 2. The SMILES string of the molecule is O=C(CC1Sc2ccc(Cl)cc2NC1=O)NCC(c1ccccc1Cl)N1CCCC1. The number of hydrogen-bond acceptors (Lipinski definition) is 4. The minimum absolute atomic E-state index is 0.0286. The molecule has 30 heavy (non-hydrogen) atoms. The molecule has 0 aromatic heterocycles. The molecule has 0 radical (unpaired) electrons. The fourth-order valence-electron chi connectivity index (χ4n) is 3.94. The first kappa shape index (κ1) is 21.5. The van der Waals surface area contributed by atoms with Crippen LogP contribution in [0.4, 0.5) is 5.69 Å². The van der Waals surface area contributed by atoms with Crippen LogP contribution in [0.1, 0.15) is 30.9 Å². The average molecular weight is 464 g/mol. The van der Waals surface area contributed by atoms with E-state index in [1.165, 1.54) is 11.8 Å². The predicted octanol–water partition coefficient (Wildman–Crippen LogP) is 4.75. The Morgan fingerprint density at radius 1 is 1.20 bits per heavy atom. The average Bonchev–Trinajstić information content (AvgIpc) is 3.25. The maximum absolute atomic E-state index is 12.7. The summed E-state index contributed by atoms with van der Waals surface area (Å²) in [7, 11) is 0. The monoisotopic (exact) mass is 463 g/mol. The number of anilines is 1. The fraction of sp³-hybridized carbons (Fsp3) is 0.364. The van der Waals surface area contributed by atoms with Crippen LogP contribution < -0.4 is 10.6 Å². The highest BCUT2D eigenvalue weighted by molar-refractivity contribution is 8.01. The Morgan fingerprint density at radius 3 is 2.73 bits per heavy atom. The van der Waals surface area contributed by atoms with Crippen molar-refractivity contribution in [1.82, 2.24) is 10.2 Å². The van der Waals surface area contributed by atoms with Gasteiger partial charge in [0.2, 0.25) is 11.8 Å². The lowest BCUT2D eigenvalue weighted by atomic mass is 10.1. The summed E-state index contributed by atoms with van der Waals surface area (Å²) < 4.78 is 0. The van der Waals surface area contributed by atoms with Gasteiger partial charge in [0.25, 0.3) is 0 Å². The molecule has 2 aromatic rings. The number of amides is 2. The molecule has 1 saturated heterocycles. The molecule has 2 atom stereocenters. The summed E-state index contributed by atoms with van der Waals surface area (Å²) in [5.74, 6) is -0.316. The molecule has 2 aliphatic rings. The van der Waals surface area contributed by atoms with Crippen LogP contribution in [0.3, 0.4) is 0 Å². The minimum atomic E-state index is -0.468. The van der Waals surface area contributed by atoms with Crippen LogP contribution in [0, 0.1) is 0 Å². The Bertz CT molecular complexity index is 950. The number of likely N-dealkylation sites (tertiary alicyclic amines) is 1. The Morgan fingerprint density at radius 2 is 1.97 bits per heavy atom. The summed E-state index contributed by atoms with van der Waals surface area (Å²) in [6.07, 6.45) is 2.42. The lowest BCUT2D eigenvalue weighted by molar-refractivity contribution is -0.124. The largest absolute Gasteiger partial charge is 0.354 e. The molecule has 2 heterocycles. The number of benzene rings is 2. The molecule has 0 saturated carbocycles. The predicted molar refractivity (Wildman–Crippen MR) is 122 cm³/mol. The molecule has 2 aliphatic heterocycles. The van der Waals surface area contributed by atoms with E-state index in [9.17, 15) is 9.59 Å². The van der Waals surface area contributed by atoms with E-state index in [0.29, 0.717) is 22.3 Å². The van der Waals surface area contributed by atoms with Gasteiger partial charge in [-0.15, -0.1) is 11.8 Å². The number of carbonyl (C=O) groups is 2. The van der Waals surface area contributed by atoms with Crippen molar-refractivity contribution in [3.63, 3.8) is 0 Å². The molecule has 158 valence electrons. The van der Waals surface area contributed by atoms with Gasteiger partial charge in [-0.05, 0) is 55.8 Å². The van der Waals surface area contributed by atoms with E-state index >= 15 is 0 Å². The van der Waals surface area contributed by atoms with E-state index in [1.54, 1.807) is 12.1 Å². The highest BCUT2D eigenvalue weighted by atomic mass is 35.5. The number of hydrogen-bond donors (Lipinski definition) is 2. The summed E-state index contributed by atoms with van der Waals surface area (Å²) in [4.78, 5) is 28.4. The quantitative estimate of drug-likeness (QED) is 0.648. The van der Waals surface area contributed by atoms with Crippen LogP contribution in [0.15, 0.2) is 47.4 Å². The van der Waals surface area contributed by atoms with Gasteiger partial charge in [-0.1, -0.05) is 41.4 Å². The molecule has 0 spiro atoms. The second kappa shape index (κ2) is 9.60. The number of halogens is 2. The van der Waals surface area contributed by atoms with Crippen LogP contribution in [-0.4, -0.2) is 41.6 Å². The number of nitrogens with zero attached hydrogens (tertiary/aromatic N) is 1. The van der Waals surface area contributed by atoms with Gasteiger partial charge in [0.1, 0.15) is 0 Å². The van der Waals surface area contributed by atoms with Crippen molar-refractivity contribution in [1.29, 1.82) is 0 Å². The molecule has 2 N–H and O–H groups in total. The maximum Gasteiger partial charge on any atom is 0.238 e. The second-order valence-electron chi connectivity index (χ2n) is 7.52. The summed E-state index contributed by atoms with van der Waals surface area (Å²) in [6.45, 7) is 2.45. The Labute approximate surface area is 190 Å². The smallest absolute Gasteiger partial charge is 0.238 e. The molecule has 5 nitrogen and oxygen atoms in total. The molecular weight excluding hydrogens is 441 g/mol. The lowest BCUT2D eigenvalue weighted by Gasteiger charge is -2.29. The van der Waals surface area contributed by atoms with E-state index in [2.05, 4.69) is 15.5 Å². The Hall–Kier alpha value is -1.73. The summed E-state index contributed by atoms with van der Waals surface area (Å²) in [6, 6.07) is 13.2. The van der Waals surface area contributed by atoms with Crippen molar-refractivity contribution in [3.05, 3.63) is 58.1 Å². The standard InChI is InChI=1S/C22H23Cl2N3O2S/c23-14-7-8-19-17(11-14)26-22(29)20(30-19)12-21(28)25-13-18(27-9-3-4-10-27)15-5-1-2-6-16(15)24/h1-2,5-8,11,18,20H,3-4,9-10,12-13H2,(H,25,28)(H,26,29). The van der Waals surface area contributed by atoms with Gasteiger partial charge in [-0.2, -0.15) is 0 Å². The lowest BCUT2D eigenvalue weighted by Crippen LogP contribution is -2.39. The van der Waals surface area contributed by atoms with Gasteiger partial charge < -0.3 is 10.6 Å². The van der Waals surface area contributed by atoms with Gasteiger partial charge in [0.15, 0.2) is 0 Å². The first-order chi connectivity index (χ1) is 14.5. The molecule has 2 amide bonds. The summed E-state index contributed by atoms with van der Waals surface area (Å²) in [5.41, 5.74) is 1.72. The molecule has 0 aliphatic carbocycles. The van der Waals surface area contributed by atoms with E-state index < -0.39 is 5.25 Å². The van der Waals surface area contributed by atoms with Gasteiger partial charge in [-0.25, -0.2) is 0 Å². The van der Waals surface area contributed by atoms with Crippen LogP contribution in [0.25, 0.3) is 0 Å². The molecule has 8 heteroatoms. The number of fused-ring (bicyclic) bond motifs is 1. The second-order valence-corrected chi connectivity index (χ2v) is 9.61. The van der Waals surface area contributed by atoms with Crippen LogP contribution in [-0.2, 0) is 9.59 Å². The third-order valence-electron chi connectivity index (χ3n) is 5.47. The molecule has 2 aromatic carbocycles. The van der Waals surface area contributed by atoms with Gasteiger partial charge in [0.05, 0.1) is 17.0 Å². The van der Waals surface area contributed by atoms with Crippen molar-refractivity contribution in [2.24, 2.45) is 0 Å². The summed E-state index contributed by atoms with van der Waals surface area (Å²) in [5, 5.41) is 6.69. The van der Waals surface area contributed by atoms with Crippen molar-refractivity contribution >= 4 is 52.5 Å². The highest BCUT2D eigenvalue weighted by Gasteiger charge is 2.30. The molecule has 2 unspecified atom stereocenters. The first-order valence-electron chi connectivity index (χ1n) is 10.0. The van der Waals surface area contributed by atoms with Crippen LogP contribution >= 0.6 is 35.0 Å². The molecular formula is C22H23Cl2N3O2S. The zero-order chi connectivity index (χ0) is 21.1. The van der Waals surface area contributed by atoms with E-state index in [4.69, 9.17) is 23.2 Å². The summed E-state index contributed by atoms with van der Waals surface area (Å²) >= 11 is 13.8. The van der Waals surface area contributed by atoms with Crippen molar-refractivity contribution < 1.29 is 9.59 Å². The highest BCUT2D eigenvalue weighted by Crippen LogP contribution is 2.38. The van der Waals surface area contributed by atoms with Crippen LogP contribution in [0.2, 0.25) is 10.0 Å². The molecule has 1 fully saturated rings. The zero-order valence-electron chi connectivity index (χ0n) is 16.4. The van der Waals surface area contributed by atoms with Crippen molar-refractivity contribution in [2.45, 2.75) is 35.4 Å². The zero-order valence-corrected chi connectivity index (χ0v) is 18.7. The number of thioether (sulfide) groups is 1. The third-order valence-corrected chi connectivity index (χ3v) is 7.32. The third kappa shape index (κ3) is 4.94. The fourth-order valence-corrected chi connectivity index (χ4v) is 5.47. The van der Waals surface area contributed by atoms with Crippen LogP contribution in [0.5, 0.6) is 0 Å². The maximum atomic E-state index is 12.7. The normalized spacial score (nSPS) is 19.8. The van der Waals surface area contributed by atoms with Gasteiger partial charge in [-0.3, -0.25) is 14.5 Å². The first-order valence-corrected chi connectivity index (χ1v) is 11.7. The minimum Gasteiger partial charge on any atom is -0.354 e. The van der Waals surface area contributed by atoms with E-state index in [-0.39, 0.29) is 24.3 Å². The van der Waals surface area contributed by atoms with Crippen molar-refractivity contribution in [3.8, 4) is 0 Å². The molecule has 0 bridgehead atoms. The molecule has 4 rings (SSSR count). The number of nitrogens with one attached hydrogen (secondary N) is 2. The van der Waals surface area contributed by atoms with Crippen molar-refractivity contribution in [2.75, 3.05) is 25.0 Å². The Kier molecular flexibility index (Phi) is 6.88. The van der Waals surface area contributed by atoms with Gasteiger partial charge in [0, 0.05) is 27.9 Å². The van der Waals surface area contributed by atoms with E-state index in [1.807, 2.05) is 30.3 Å². The van der Waals surface area contributed by atoms with E-state index in [0.717, 1.165) is 36.4 Å². The topological polar surface area (TPSA) is 61.4 Å². The number of rotatable bonds is 6. The van der Waals surface area contributed by atoms with Gasteiger partial charge >= 0.3 is 0 Å². The Balaban J connectivity index is 1.40.